The number of nitrogens with zero attached hydrogens (tertiary/aromatic N) is 1. The minimum absolute atomic E-state index is 0.00579. The zero-order valence-electron chi connectivity index (χ0n) is 13.1. The van der Waals surface area contributed by atoms with Gasteiger partial charge < -0.3 is 14.8 Å². The maximum absolute atomic E-state index is 5.52. The van der Waals surface area contributed by atoms with Crippen LogP contribution in [-0.2, 0) is 0 Å². The van der Waals surface area contributed by atoms with Crippen molar-refractivity contribution in [2.75, 3.05) is 14.2 Å². The molecule has 0 aliphatic heterocycles. The Hall–Kier alpha value is -1.59. The van der Waals surface area contributed by atoms with Crippen molar-refractivity contribution in [1.29, 1.82) is 0 Å². The third kappa shape index (κ3) is 3.74. The molecule has 0 saturated carbocycles. The summed E-state index contributed by atoms with van der Waals surface area (Å²) in [6, 6.07) is 6.17. The second-order valence-electron chi connectivity index (χ2n) is 5.19. The van der Waals surface area contributed by atoms with E-state index in [9.17, 15) is 0 Å². The van der Waals surface area contributed by atoms with Crippen molar-refractivity contribution >= 4 is 11.3 Å². The number of aryl methyl sites for hydroxylation is 1. The quantitative estimate of drug-likeness (QED) is 0.886. The Morgan fingerprint density at radius 2 is 1.95 bits per heavy atom. The highest BCUT2D eigenvalue weighted by atomic mass is 32.1. The summed E-state index contributed by atoms with van der Waals surface area (Å²) in [6.45, 7) is 6.26. The fourth-order valence-electron chi connectivity index (χ4n) is 2.20. The van der Waals surface area contributed by atoms with E-state index >= 15 is 0 Å². The highest BCUT2D eigenvalue weighted by Gasteiger charge is 2.22. The molecule has 0 amide bonds. The highest BCUT2D eigenvalue weighted by molar-refractivity contribution is 7.09. The molecule has 1 aromatic carbocycles. The van der Waals surface area contributed by atoms with E-state index in [1.807, 2.05) is 25.1 Å². The lowest BCUT2D eigenvalue weighted by Gasteiger charge is -2.22. The van der Waals surface area contributed by atoms with Gasteiger partial charge in [-0.3, -0.25) is 0 Å². The standard InChI is InChI=1S/C16H22N2O2S/c1-10(2)17-15(16-18-11(3)9-21-16)13-8-12(19-4)6-7-14(13)20-5/h6-10,15,17H,1-5H3. The molecule has 0 aliphatic carbocycles. The van der Waals surface area contributed by atoms with Gasteiger partial charge in [0.05, 0.1) is 20.3 Å². The van der Waals surface area contributed by atoms with Gasteiger partial charge in [0.2, 0.25) is 0 Å². The van der Waals surface area contributed by atoms with Crippen molar-refractivity contribution in [3.8, 4) is 11.5 Å². The molecule has 0 radical (unpaired) electrons. The smallest absolute Gasteiger partial charge is 0.124 e. The predicted molar refractivity (Wildman–Crippen MR) is 86.5 cm³/mol. The molecule has 5 heteroatoms. The number of benzene rings is 1. The van der Waals surface area contributed by atoms with Gasteiger partial charge in [-0.05, 0) is 39.0 Å². The van der Waals surface area contributed by atoms with E-state index in [-0.39, 0.29) is 6.04 Å². The van der Waals surface area contributed by atoms with Crippen molar-refractivity contribution < 1.29 is 9.47 Å². The van der Waals surface area contributed by atoms with Crippen LogP contribution in [0, 0.1) is 6.92 Å². The fourth-order valence-corrected chi connectivity index (χ4v) is 3.07. The number of nitrogens with one attached hydrogen (secondary N) is 1. The Kier molecular flexibility index (Phi) is 5.20. The SMILES string of the molecule is COc1ccc(OC)c(C(NC(C)C)c2nc(C)cs2)c1. The van der Waals surface area contributed by atoms with Gasteiger partial charge in [0.25, 0.3) is 0 Å². The molecule has 1 atom stereocenters. The molecule has 4 nitrogen and oxygen atoms in total. The summed E-state index contributed by atoms with van der Waals surface area (Å²) in [7, 11) is 3.36. The molecule has 114 valence electrons. The Balaban J connectivity index is 2.49. The first-order valence-electron chi connectivity index (χ1n) is 6.95. The minimum atomic E-state index is -0.00579. The molecular weight excluding hydrogens is 284 g/mol. The van der Waals surface area contributed by atoms with Crippen LogP contribution in [0.1, 0.15) is 36.2 Å². The number of rotatable bonds is 6. The summed E-state index contributed by atoms with van der Waals surface area (Å²) in [5.74, 6) is 1.65. The summed E-state index contributed by atoms with van der Waals surface area (Å²) in [5.41, 5.74) is 2.08. The summed E-state index contributed by atoms with van der Waals surface area (Å²) in [5, 5.41) is 6.67. The summed E-state index contributed by atoms with van der Waals surface area (Å²) >= 11 is 1.66. The topological polar surface area (TPSA) is 43.4 Å². The minimum Gasteiger partial charge on any atom is -0.497 e. The number of ether oxygens (including phenoxy) is 2. The molecule has 2 rings (SSSR count). The summed E-state index contributed by atoms with van der Waals surface area (Å²) < 4.78 is 10.9. The molecule has 0 saturated heterocycles. The van der Waals surface area contributed by atoms with Gasteiger partial charge in [0, 0.05) is 22.7 Å². The van der Waals surface area contributed by atoms with Crippen LogP contribution >= 0.6 is 11.3 Å². The first kappa shape index (κ1) is 15.8. The van der Waals surface area contributed by atoms with Gasteiger partial charge in [-0.2, -0.15) is 0 Å². The van der Waals surface area contributed by atoms with E-state index in [1.54, 1.807) is 25.6 Å². The maximum Gasteiger partial charge on any atom is 0.124 e. The molecule has 1 heterocycles. The number of thiazole rings is 1. The largest absolute Gasteiger partial charge is 0.497 e. The van der Waals surface area contributed by atoms with E-state index < -0.39 is 0 Å². The second kappa shape index (κ2) is 6.91. The third-order valence-corrected chi connectivity index (χ3v) is 4.16. The van der Waals surface area contributed by atoms with Gasteiger partial charge in [-0.15, -0.1) is 11.3 Å². The predicted octanol–water partition coefficient (Wildman–Crippen LogP) is 3.56. The molecule has 1 N–H and O–H groups in total. The highest BCUT2D eigenvalue weighted by Crippen LogP contribution is 2.34. The second-order valence-corrected chi connectivity index (χ2v) is 6.08. The monoisotopic (exact) mass is 306 g/mol. The molecule has 21 heavy (non-hydrogen) atoms. The number of hydrogen-bond acceptors (Lipinski definition) is 5. The first-order chi connectivity index (χ1) is 10.0. The van der Waals surface area contributed by atoms with Crippen molar-refractivity contribution in [1.82, 2.24) is 10.3 Å². The Morgan fingerprint density at radius 1 is 1.19 bits per heavy atom. The van der Waals surface area contributed by atoms with Crippen molar-refractivity contribution in [2.45, 2.75) is 32.9 Å². The van der Waals surface area contributed by atoms with Gasteiger partial charge in [0.15, 0.2) is 0 Å². The van der Waals surface area contributed by atoms with Crippen molar-refractivity contribution in [3.63, 3.8) is 0 Å². The molecule has 0 fully saturated rings. The molecule has 0 aliphatic rings. The van der Waals surface area contributed by atoms with Crippen LogP contribution in [0.2, 0.25) is 0 Å². The normalized spacial score (nSPS) is 12.5. The van der Waals surface area contributed by atoms with Crippen molar-refractivity contribution in [2.24, 2.45) is 0 Å². The van der Waals surface area contributed by atoms with Gasteiger partial charge >= 0.3 is 0 Å². The van der Waals surface area contributed by atoms with E-state index in [0.717, 1.165) is 27.8 Å². The maximum atomic E-state index is 5.52. The van der Waals surface area contributed by atoms with Crippen LogP contribution in [0.5, 0.6) is 11.5 Å². The number of hydrogen-bond donors (Lipinski definition) is 1. The lowest BCUT2D eigenvalue weighted by atomic mass is 10.0. The van der Waals surface area contributed by atoms with Gasteiger partial charge in [-0.1, -0.05) is 0 Å². The van der Waals surface area contributed by atoms with Crippen molar-refractivity contribution in [3.05, 3.63) is 39.8 Å². The summed E-state index contributed by atoms with van der Waals surface area (Å²) in [4.78, 5) is 4.63. The van der Waals surface area contributed by atoms with Gasteiger partial charge in [0.1, 0.15) is 16.5 Å². The van der Waals surface area contributed by atoms with Crippen LogP contribution in [-0.4, -0.2) is 25.2 Å². The Labute approximate surface area is 130 Å². The Morgan fingerprint density at radius 3 is 2.48 bits per heavy atom. The fraction of sp³-hybridized carbons (Fsp3) is 0.438. The zero-order chi connectivity index (χ0) is 15.4. The van der Waals surface area contributed by atoms with E-state index in [2.05, 4.69) is 29.5 Å². The molecule has 0 spiro atoms. The first-order valence-corrected chi connectivity index (χ1v) is 7.83. The van der Waals surface area contributed by atoms with Gasteiger partial charge in [-0.25, -0.2) is 4.98 Å². The van der Waals surface area contributed by atoms with Crippen LogP contribution < -0.4 is 14.8 Å². The zero-order valence-corrected chi connectivity index (χ0v) is 14.0. The van der Waals surface area contributed by atoms with E-state index in [1.165, 1.54) is 0 Å². The van der Waals surface area contributed by atoms with E-state index in [0.29, 0.717) is 6.04 Å². The average Bonchev–Trinajstić information content (AvgIpc) is 2.90. The van der Waals surface area contributed by atoms with E-state index in [4.69, 9.17) is 9.47 Å². The van der Waals surface area contributed by atoms with Crippen LogP contribution in [0.25, 0.3) is 0 Å². The molecule has 1 unspecified atom stereocenters. The lowest BCUT2D eigenvalue weighted by Crippen LogP contribution is -2.29. The van der Waals surface area contributed by atoms with Crippen LogP contribution in [0.15, 0.2) is 23.6 Å². The Bertz CT molecular complexity index is 596. The molecule has 1 aromatic heterocycles. The average molecular weight is 306 g/mol. The molecular formula is C16H22N2O2S. The van der Waals surface area contributed by atoms with Crippen LogP contribution in [0.3, 0.4) is 0 Å². The summed E-state index contributed by atoms with van der Waals surface area (Å²) in [6.07, 6.45) is 0. The number of aromatic nitrogens is 1. The molecule has 2 aromatic rings. The molecule has 0 bridgehead atoms. The number of methoxy groups -OCH3 is 2. The lowest BCUT2D eigenvalue weighted by molar-refractivity contribution is 0.391. The van der Waals surface area contributed by atoms with Crippen LogP contribution in [0.4, 0.5) is 0 Å². The third-order valence-electron chi connectivity index (χ3n) is 3.13.